The third kappa shape index (κ3) is 2.98. The normalized spacial score (nSPS) is 10.8. The van der Waals surface area contributed by atoms with E-state index in [-0.39, 0.29) is 17.9 Å². The van der Waals surface area contributed by atoms with Gasteiger partial charge in [-0.1, -0.05) is 30.3 Å². The molecule has 1 heterocycles. The summed E-state index contributed by atoms with van der Waals surface area (Å²) in [6.45, 7) is 2.06. The minimum Gasteiger partial charge on any atom is -0.506 e. The second kappa shape index (κ2) is 6.76. The molecule has 3 aromatic rings. The molecular weight excluding hydrogens is 323 g/mol. The Bertz CT molecular complexity index is 1010. The van der Waals surface area contributed by atoms with E-state index < -0.39 is 17.3 Å². The zero-order valence-corrected chi connectivity index (χ0v) is 13.6. The molecule has 25 heavy (non-hydrogen) atoms. The van der Waals surface area contributed by atoms with Crippen molar-refractivity contribution >= 4 is 16.8 Å². The van der Waals surface area contributed by atoms with Crippen molar-refractivity contribution in [3.05, 3.63) is 75.8 Å². The van der Waals surface area contributed by atoms with Gasteiger partial charge in [0.15, 0.2) is 0 Å². The van der Waals surface area contributed by atoms with Crippen LogP contribution >= 0.6 is 0 Å². The number of carbonyl (C=O) groups excluding carboxylic acids is 1. The average molecular weight is 340 g/mol. The molecule has 1 amide bonds. The van der Waals surface area contributed by atoms with Crippen molar-refractivity contribution in [1.82, 2.24) is 9.88 Å². The number of aromatic nitrogens is 1. The van der Waals surface area contributed by atoms with Gasteiger partial charge in [-0.15, -0.1) is 0 Å². The fraction of sp³-hybridized carbons (Fsp3) is 0.158. The fourth-order valence-corrected chi connectivity index (χ4v) is 2.81. The van der Waals surface area contributed by atoms with Crippen molar-refractivity contribution in [3.63, 3.8) is 0 Å². The maximum atomic E-state index is 13.7. The number of nitrogens with zero attached hydrogens (tertiary/aromatic N) is 1. The number of hydrogen-bond donors (Lipinski definition) is 2. The Labute approximate surface area is 143 Å². The van der Waals surface area contributed by atoms with Crippen LogP contribution in [0.25, 0.3) is 10.9 Å². The SMILES string of the molecule is CCn1c(=O)c(C(=O)NCc2ccccc2F)c(O)c2ccccc21. The summed E-state index contributed by atoms with van der Waals surface area (Å²) in [6.07, 6.45) is 0. The Morgan fingerprint density at radius 1 is 1.16 bits per heavy atom. The number of carbonyl (C=O) groups is 1. The summed E-state index contributed by atoms with van der Waals surface area (Å²) in [5.41, 5.74) is -0.0632. The molecule has 0 spiro atoms. The Morgan fingerprint density at radius 2 is 1.84 bits per heavy atom. The van der Waals surface area contributed by atoms with E-state index in [1.807, 2.05) is 0 Å². The number of nitrogens with one attached hydrogen (secondary N) is 1. The number of aromatic hydroxyl groups is 1. The van der Waals surface area contributed by atoms with Crippen LogP contribution in [-0.2, 0) is 13.1 Å². The van der Waals surface area contributed by atoms with E-state index in [1.54, 1.807) is 49.4 Å². The first-order valence-corrected chi connectivity index (χ1v) is 7.90. The molecule has 128 valence electrons. The van der Waals surface area contributed by atoms with Crippen LogP contribution in [0.15, 0.2) is 53.3 Å². The minimum atomic E-state index is -0.737. The summed E-state index contributed by atoms with van der Waals surface area (Å²) in [4.78, 5) is 25.1. The highest BCUT2D eigenvalue weighted by molar-refractivity contribution is 6.02. The second-order valence-corrected chi connectivity index (χ2v) is 5.56. The summed E-state index contributed by atoms with van der Waals surface area (Å²) in [5, 5.41) is 13.3. The van der Waals surface area contributed by atoms with E-state index in [4.69, 9.17) is 0 Å². The van der Waals surface area contributed by atoms with Gasteiger partial charge in [0, 0.05) is 24.0 Å². The second-order valence-electron chi connectivity index (χ2n) is 5.56. The Balaban J connectivity index is 2.02. The molecule has 0 unspecified atom stereocenters. The van der Waals surface area contributed by atoms with Gasteiger partial charge in [0.1, 0.15) is 17.1 Å². The molecule has 1 aromatic heterocycles. The smallest absolute Gasteiger partial charge is 0.267 e. The third-order valence-corrected chi connectivity index (χ3v) is 4.09. The van der Waals surface area contributed by atoms with Gasteiger partial charge in [0.25, 0.3) is 11.5 Å². The maximum absolute atomic E-state index is 13.7. The third-order valence-electron chi connectivity index (χ3n) is 4.09. The molecule has 2 aromatic carbocycles. The lowest BCUT2D eigenvalue weighted by Gasteiger charge is -2.13. The van der Waals surface area contributed by atoms with Gasteiger partial charge in [-0.3, -0.25) is 9.59 Å². The van der Waals surface area contributed by atoms with E-state index in [0.29, 0.717) is 23.0 Å². The minimum absolute atomic E-state index is 0.0800. The van der Waals surface area contributed by atoms with Gasteiger partial charge in [0.05, 0.1) is 5.52 Å². The fourth-order valence-electron chi connectivity index (χ4n) is 2.81. The molecule has 5 nitrogen and oxygen atoms in total. The zero-order chi connectivity index (χ0) is 18.0. The molecule has 0 aliphatic carbocycles. The molecule has 0 saturated heterocycles. The maximum Gasteiger partial charge on any atom is 0.267 e. The first-order valence-electron chi connectivity index (χ1n) is 7.90. The van der Waals surface area contributed by atoms with Crippen LogP contribution in [0.2, 0.25) is 0 Å². The molecule has 0 aliphatic heterocycles. The highest BCUT2D eigenvalue weighted by atomic mass is 19.1. The Kier molecular flexibility index (Phi) is 4.52. The molecule has 0 aliphatic rings. The van der Waals surface area contributed by atoms with Gasteiger partial charge in [-0.2, -0.15) is 0 Å². The standard InChI is InChI=1S/C19H17FN2O3/c1-2-22-15-10-6-4-8-13(15)17(23)16(19(22)25)18(24)21-11-12-7-3-5-9-14(12)20/h3-10,23H,2,11H2,1H3,(H,21,24). The van der Waals surface area contributed by atoms with Crippen LogP contribution < -0.4 is 10.9 Å². The summed E-state index contributed by atoms with van der Waals surface area (Å²) in [7, 11) is 0. The summed E-state index contributed by atoms with van der Waals surface area (Å²) < 4.78 is 15.1. The lowest BCUT2D eigenvalue weighted by atomic mass is 10.1. The van der Waals surface area contributed by atoms with E-state index in [9.17, 15) is 19.1 Å². The van der Waals surface area contributed by atoms with Crippen LogP contribution in [0.4, 0.5) is 4.39 Å². The monoisotopic (exact) mass is 340 g/mol. The number of halogens is 1. The zero-order valence-electron chi connectivity index (χ0n) is 13.6. The van der Waals surface area contributed by atoms with Crippen molar-refractivity contribution in [2.45, 2.75) is 20.0 Å². The number of aryl methyl sites for hydroxylation is 1. The van der Waals surface area contributed by atoms with Crippen LogP contribution in [0.3, 0.4) is 0 Å². The van der Waals surface area contributed by atoms with Gasteiger partial charge < -0.3 is 15.0 Å². The molecule has 0 bridgehead atoms. The summed E-state index contributed by atoms with van der Waals surface area (Å²) in [6, 6.07) is 12.9. The lowest BCUT2D eigenvalue weighted by Crippen LogP contribution is -2.33. The number of hydrogen-bond acceptors (Lipinski definition) is 3. The number of para-hydroxylation sites is 1. The Morgan fingerprint density at radius 3 is 2.56 bits per heavy atom. The van der Waals surface area contributed by atoms with E-state index in [0.717, 1.165) is 0 Å². The molecule has 6 heteroatoms. The molecule has 0 atom stereocenters. The molecule has 0 fully saturated rings. The average Bonchev–Trinajstić information content (AvgIpc) is 2.61. The number of benzene rings is 2. The quantitative estimate of drug-likeness (QED) is 0.767. The lowest BCUT2D eigenvalue weighted by molar-refractivity contribution is 0.0946. The topological polar surface area (TPSA) is 71.3 Å². The number of pyridine rings is 1. The number of rotatable bonds is 4. The molecule has 2 N–H and O–H groups in total. The molecule has 0 saturated carbocycles. The largest absolute Gasteiger partial charge is 0.506 e. The summed E-state index contributed by atoms with van der Waals surface area (Å²) in [5.74, 6) is -1.55. The van der Waals surface area contributed by atoms with Crippen LogP contribution in [0.5, 0.6) is 5.75 Å². The van der Waals surface area contributed by atoms with Gasteiger partial charge in [-0.05, 0) is 25.1 Å². The highest BCUT2D eigenvalue weighted by Crippen LogP contribution is 2.26. The van der Waals surface area contributed by atoms with E-state index in [2.05, 4.69) is 5.32 Å². The predicted octanol–water partition coefficient (Wildman–Crippen LogP) is 2.80. The predicted molar refractivity (Wildman–Crippen MR) is 93.1 cm³/mol. The van der Waals surface area contributed by atoms with Crippen LogP contribution in [-0.4, -0.2) is 15.6 Å². The van der Waals surface area contributed by atoms with Crippen molar-refractivity contribution in [3.8, 4) is 5.75 Å². The number of fused-ring (bicyclic) bond motifs is 1. The Hall–Kier alpha value is -3.15. The van der Waals surface area contributed by atoms with Crippen LogP contribution in [0, 0.1) is 5.82 Å². The van der Waals surface area contributed by atoms with Crippen molar-refractivity contribution in [1.29, 1.82) is 0 Å². The van der Waals surface area contributed by atoms with Gasteiger partial charge >= 0.3 is 0 Å². The first kappa shape index (κ1) is 16.7. The summed E-state index contributed by atoms with van der Waals surface area (Å²) >= 11 is 0. The number of amides is 1. The van der Waals surface area contributed by atoms with Crippen molar-refractivity contribution in [2.24, 2.45) is 0 Å². The molecule has 0 radical (unpaired) electrons. The van der Waals surface area contributed by atoms with Gasteiger partial charge in [-0.25, -0.2) is 4.39 Å². The van der Waals surface area contributed by atoms with Crippen LogP contribution in [0.1, 0.15) is 22.8 Å². The molecule has 3 rings (SSSR count). The van der Waals surface area contributed by atoms with E-state index >= 15 is 0 Å². The van der Waals surface area contributed by atoms with E-state index in [1.165, 1.54) is 10.6 Å². The molecular formula is C19H17FN2O3. The highest BCUT2D eigenvalue weighted by Gasteiger charge is 2.21. The van der Waals surface area contributed by atoms with Crippen molar-refractivity contribution in [2.75, 3.05) is 0 Å². The first-order chi connectivity index (χ1) is 12.0. The van der Waals surface area contributed by atoms with Crippen molar-refractivity contribution < 1.29 is 14.3 Å². The van der Waals surface area contributed by atoms with Gasteiger partial charge in [0.2, 0.25) is 0 Å².